The fourth-order valence-corrected chi connectivity index (χ4v) is 3.57. The highest BCUT2D eigenvalue weighted by molar-refractivity contribution is 9.10. The summed E-state index contributed by atoms with van der Waals surface area (Å²) in [4.78, 5) is 27.2. The number of halogens is 1. The van der Waals surface area contributed by atoms with Crippen LogP contribution in [0.2, 0.25) is 0 Å². The van der Waals surface area contributed by atoms with Crippen LogP contribution in [-0.2, 0) is 9.59 Å². The fraction of sp³-hybridized carbons (Fsp3) is 0.263. The van der Waals surface area contributed by atoms with E-state index >= 15 is 0 Å². The van der Waals surface area contributed by atoms with Crippen molar-refractivity contribution < 1.29 is 19.1 Å². The number of hydrogen-bond donors (Lipinski definition) is 0. The summed E-state index contributed by atoms with van der Waals surface area (Å²) in [5.74, 6) is 0.143. The van der Waals surface area contributed by atoms with E-state index in [1.54, 1.807) is 18.2 Å². The molecule has 0 bridgehead atoms. The average Bonchev–Trinajstić information content (AvgIpc) is 3.24. The highest BCUT2D eigenvalue weighted by Gasteiger charge is 2.55. The van der Waals surface area contributed by atoms with Gasteiger partial charge in [0, 0.05) is 22.7 Å². The van der Waals surface area contributed by atoms with Gasteiger partial charge in [0.2, 0.25) is 0 Å². The van der Waals surface area contributed by atoms with Crippen LogP contribution in [0.15, 0.2) is 51.2 Å². The van der Waals surface area contributed by atoms with Crippen molar-refractivity contribution in [1.29, 1.82) is 0 Å². The maximum atomic E-state index is 13.2. The van der Waals surface area contributed by atoms with E-state index in [2.05, 4.69) is 26.3 Å². The van der Waals surface area contributed by atoms with Gasteiger partial charge in [-0.2, -0.15) is 5.11 Å². The van der Waals surface area contributed by atoms with Gasteiger partial charge in [-0.05, 0) is 30.7 Å². The highest BCUT2D eigenvalue weighted by Crippen LogP contribution is 2.38. The molecule has 0 radical (unpaired) electrons. The number of aryl methyl sites for hydroxylation is 1. The topological polar surface area (TPSA) is 83.8 Å². The first-order valence-corrected chi connectivity index (χ1v) is 9.31. The van der Waals surface area contributed by atoms with E-state index in [4.69, 9.17) is 9.47 Å². The molecule has 0 N–H and O–H groups in total. The number of rotatable bonds is 4. The van der Waals surface area contributed by atoms with Crippen molar-refractivity contribution in [3.63, 3.8) is 0 Å². The second-order valence-corrected chi connectivity index (χ2v) is 7.31. The summed E-state index contributed by atoms with van der Waals surface area (Å²) in [6.07, 6.45) is 0. The predicted molar refractivity (Wildman–Crippen MR) is 106 cm³/mol. The molecule has 0 saturated carbocycles. The number of hydrogen-bond acceptors (Lipinski definition) is 7. The Labute approximate surface area is 169 Å². The van der Waals surface area contributed by atoms with Crippen LogP contribution in [0.4, 0.5) is 11.4 Å². The minimum Gasteiger partial charge on any atom is -0.497 e. The number of amides is 2. The second kappa shape index (κ2) is 6.90. The van der Waals surface area contributed by atoms with Crippen LogP contribution >= 0.6 is 15.9 Å². The molecule has 2 aliphatic rings. The molecule has 0 unspecified atom stereocenters. The van der Waals surface area contributed by atoms with E-state index in [0.29, 0.717) is 22.9 Å². The Morgan fingerprint density at radius 3 is 2.25 bits per heavy atom. The zero-order valence-electron chi connectivity index (χ0n) is 15.4. The molecule has 2 heterocycles. The van der Waals surface area contributed by atoms with Crippen LogP contribution in [0.25, 0.3) is 0 Å². The molecule has 2 amide bonds. The SMILES string of the molecule is COc1cc(OC)cc(N2C(=O)[C@H]3N=NN(c4ccc(Br)c(C)c4)[C@@H]3C2=O)c1. The lowest BCUT2D eigenvalue weighted by Crippen LogP contribution is -2.40. The summed E-state index contributed by atoms with van der Waals surface area (Å²) in [6, 6.07) is 8.80. The number of fused-ring (bicyclic) bond motifs is 1. The van der Waals surface area contributed by atoms with Gasteiger partial charge in [0.15, 0.2) is 12.1 Å². The zero-order chi connectivity index (χ0) is 20.0. The third-order valence-corrected chi connectivity index (χ3v) is 5.67. The van der Waals surface area contributed by atoms with Crippen molar-refractivity contribution >= 4 is 39.1 Å². The molecule has 2 aliphatic heterocycles. The van der Waals surface area contributed by atoms with E-state index in [1.165, 1.54) is 19.2 Å². The van der Waals surface area contributed by atoms with Crippen LogP contribution in [0.5, 0.6) is 11.5 Å². The molecule has 8 nitrogen and oxygen atoms in total. The Bertz CT molecular complexity index is 987. The number of carbonyl (C=O) groups excluding carboxylic acids is 2. The van der Waals surface area contributed by atoms with Crippen molar-refractivity contribution in [2.75, 3.05) is 24.1 Å². The summed E-state index contributed by atoms with van der Waals surface area (Å²) in [7, 11) is 3.01. The van der Waals surface area contributed by atoms with Crippen LogP contribution < -0.4 is 19.4 Å². The number of benzene rings is 2. The van der Waals surface area contributed by atoms with Gasteiger partial charge in [-0.1, -0.05) is 21.2 Å². The van der Waals surface area contributed by atoms with E-state index in [1.807, 2.05) is 25.1 Å². The molecule has 2 atom stereocenters. The lowest BCUT2D eigenvalue weighted by atomic mass is 10.1. The van der Waals surface area contributed by atoms with Gasteiger partial charge in [-0.3, -0.25) is 9.59 Å². The van der Waals surface area contributed by atoms with Crippen molar-refractivity contribution in [3.8, 4) is 11.5 Å². The molecule has 1 saturated heterocycles. The standard InChI is InChI=1S/C19H17BrN4O4/c1-10-6-11(4-5-15(10)20)24-17-16(21-22-24)18(25)23(19(17)26)12-7-13(27-2)9-14(8-12)28-3/h4-9,16-17H,1-3H3/t16-,17-/m0/s1. The molecule has 9 heteroatoms. The monoisotopic (exact) mass is 444 g/mol. The summed E-state index contributed by atoms with van der Waals surface area (Å²) in [5, 5.41) is 9.65. The van der Waals surface area contributed by atoms with Gasteiger partial charge < -0.3 is 9.47 Å². The van der Waals surface area contributed by atoms with E-state index in [-0.39, 0.29) is 0 Å². The van der Waals surface area contributed by atoms with Gasteiger partial charge in [0.05, 0.1) is 25.6 Å². The smallest absolute Gasteiger partial charge is 0.263 e. The number of ether oxygens (including phenoxy) is 2. The summed E-state index contributed by atoms with van der Waals surface area (Å²) in [5.41, 5.74) is 2.06. The molecule has 2 aromatic carbocycles. The average molecular weight is 445 g/mol. The highest BCUT2D eigenvalue weighted by atomic mass is 79.9. The second-order valence-electron chi connectivity index (χ2n) is 6.46. The minimum absolute atomic E-state index is 0.378. The van der Waals surface area contributed by atoms with Gasteiger partial charge >= 0.3 is 0 Å². The third kappa shape index (κ3) is 2.82. The van der Waals surface area contributed by atoms with Crippen molar-refractivity contribution in [1.82, 2.24) is 0 Å². The predicted octanol–water partition coefficient (Wildman–Crippen LogP) is 3.27. The maximum absolute atomic E-state index is 13.2. The van der Waals surface area contributed by atoms with Gasteiger partial charge in [-0.15, -0.1) is 0 Å². The largest absolute Gasteiger partial charge is 0.497 e. The maximum Gasteiger partial charge on any atom is 0.263 e. The number of nitrogens with zero attached hydrogens (tertiary/aromatic N) is 4. The van der Waals surface area contributed by atoms with Crippen LogP contribution in [0.3, 0.4) is 0 Å². The van der Waals surface area contributed by atoms with E-state index in [0.717, 1.165) is 14.9 Å². The lowest BCUT2D eigenvalue weighted by Gasteiger charge is -2.21. The number of imide groups is 1. The van der Waals surface area contributed by atoms with Gasteiger partial charge in [0.25, 0.3) is 11.8 Å². The molecular formula is C19H17BrN4O4. The van der Waals surface area contributed by atoms with Crippen molar-refractivity contribution in [3.05, 3.63) is 46.4 Å². The number of carbonyl (C=O) groups is 2. The Balaban J connectivity index is 1.71. The molecular weight excluding hydrogens is 428 g/mol. The molecule has 2 aromatic rings. The first-order chi connectivity index (χ1) is 13.4. The molecule has 144 valence electrons. The third-order valence-electron chi connectivity index (χ3n) is 4.78. The van der Waals surface area contributed by atoms with Crippen molar-refractivity contribution in [2.45, 2.75) is 19.0 Å². The van der Waals surface area contributed by atoms with E-state index < -0.39 is 23.9 Å². The molecule has 0 aliphatic carbocycles. The number of anilines is 2. The fourth-order valence-electron chi connectivity index (χ4n) is 3.32. The van der Waals surface area contributed by atoms with Crippen LogP contribution in [0.1, 0.15) is 5.56 Å². The minimum atomic E-state index is -0.881. The molecule has 28 heavy (non-hydrogen) atoms. The summed E-state index contributed by atoms with van der Waals surface area (Å²) >= 11 is 3.46. The normalized spacial score (nSPS) is 20.7. The summed E-state index contributed by atoms with van der Waals surface area (Å²) < 4.78 is 11.4. The van der Waals surface area contributed by atoms with Gasteiger partial charge in [-0.25, -0.2) is 9.91 Å². The van der Waals surface area contributed by atoms with Crippen molar-refractivity contribution in [2.24, 2.45) is 10.3 Å². The van der Waals surface area contributed by atoms with E-state index in [9.17, 15) is 9.59 Å². The van der Waals surface area contributed by atoms with Crippen LogP contribution in [0, 0.1) is 6.92 Å². The lowest BCUT2D eigenvalue weighted by molar-refractivity contribution is -0.121. The van der Waals surface area contributed by atoms with Crippen LogP contribution in [-0.4, -0.2) is 38.1 Å². The first-order valence-electron chi connectivity index (χ1n) is 8.51. The quantitative estimate of drug-likeness (QED) is 0.675. The Kier molecular flexibility index (Phi) is 4.54. The molecule has 1 fully saturated rings. The van der Waals surface area contributed by atoms with Gasteiger partial charge in [0.1, 0.15) is 11.5 Å². The first kappa shape index (κ1) is 18.4. The molecule has 0 aromatic heterocycles. The number of methoxy groups -OCH3 is 2. The Morgan fingerprint density at radius 1 is 0.964 bits per heavy atom. The zero-order valence-corrected chi connectivity index (χ0v) is 17.0. The Hall–Kier alpha value is -2.94. The molecule has 4 rings (SSSR count). The molecule has 0 spiro atoms. The summed E-state index contributed by atoms with van der Waals surface area (Å²) in [6.45, 7) is 1.94. The Morgan fingerprint density at radius 2 is 1.64 bits per heavy atom.